The number of ether oxygens (including phenoxy) is 1. The Labute approximate surface area is 198 Å². The van der Waals surface area contributed by atoms with Crippen LogP contribution in [0.4, 0.5) is 17.5 Å². The molecule has 8 nitrogen and oxygen atoms in total. The first-order chi connectivity index (χ1) is 16.5. The lowest BCUT2D eigenvalue weighted by atomic mass is 10.1. The Hall–Kier alpha value is -3.91. The number of nitrogens with one attached hydrogen (secondary N) is 3. The van der Waals surface area contributed by atoms with E-state index in [-0.39, 0.29) is 5.56 Å². The van der Waals surface area contributed by atoms with Crippen LogP contribution in [0, 0.1) is 6.92 Å². The highest BCUT2D eigenvalue weighted by Gasteiger charge is 2.19. The number of para-hydroxylation sites is 1. The number of aryl methyl sites for hydroxylation is 1. The Morgan fingerprint density at radius 1 is 1.00 bits per heavy atom. The number of aromatic amines is 1. The molecule has 1 fully saturated rings. The normalized spacial score (nSPS) is 14.8. The fraction of sp³-hybridized carbons (Fsp3) is 0.269. The summed E-state index contributed by atoms with van der Waals surface area (Å²) in [5.41, 5.74) is 2.10. The van der Waals surface area contributed by atoms with Gasteiger partial charge in [-0.2, -0.15) is 4.98 Å². The first-order valence-corrected chi connectivity index (χ1v) is 11.5. The Kier molecular flexibility index (Phi) is 6.14. The third-order valence-electron chi connectivity index (χ3n) is 6.08. The van der Waals surface area contributed by atoms with E-state index in [0.717, 1.165) is 48.7 Å². The SMILES string of the molecule is Cc1c[nH]c(=O)c2c(Nc3ccc(Oc4ccccc4)cc3)nc(NC3CCN(C)CC3)nc12. The summed E-state index contributed by atoms with van der Waals surface area (Å²) in [6.07, 6.45) is 3.74. The standard InChI is InChI=1S/C26H28N6O2/c1-17-16-27-25(33)22-23(17)30-26(29-19-12-14-32(2)15-13-19)31-24(22)28-18-8-10-21(11-9-18)34-20-6-4-3-5-7-20/h3-11,16,19H,12-15H2,1-2H3,(H,27,33)(H2,28,29,30,31). The van der Waals surface area contributed by atoms with E-state index in [1.165, 1.54) is 0 Å². The van der Waals surface area contributed by atoms with Crippen LogP contribution in [0.2, 0.25) is 0 Å². The first kappa shape index (κ1) is 21.9. The predicted molar refractivity (Wildman–Crippen MR) is 135 cm³/mol. The lowest BCUT2D eigenvalue weighted by Crippen LogP contribution is -2.37. The zero-order valence-electron chi connectivity index (χ0n) is 19.3. The van der Waals surface area contributed by atoms with Crippen molar-refractivity contribution in [2.45, 2.75) is 25.8 Å². The molecule has 2 aromatic heterocycles. The number of hydrogen-bond acceptors (Lipinski definition) is 7. The van der Waals surface area contributed by atoms with Crippen molar-refractivity contribution in [3.63, 3.8) is 0 Å². The van der Waals surface area contributed by atoms with Crippen molar-refractivity contribution in [3.05, 3.63) is 76.7 Å². The van der Waals surface area contributed by atoms with Gasteiger partial charge in [0.2, 0.25) is 5.95 Å². The number of fused-ring (bicyclic) bond motifs is 1. The van der Waals surface area contributed by atoms with Crippen molar-refractivity contribution in [3.8, 4) is 11.5 Å². The lowest BCUT2D eigenvalue weighted by molar-refractivity contribution is 0.263. The number of piperidine rings is 1. The molecular formula is C26H28N6O2. The molecule has 5 rings (SSSR count). The monoisotopic (exact) mass is 456 g/mol. The van der Waals surface area contributed by atoms with Crippen LogP contribution in [0.5, 0.6) is 11.5 Å². The van der Waals surface area contributed by atoms with Gasteiger partial charge in [0.1, 0.15) is 22.7 Å². The van der Waals surface area contributed by atoms with Gasteiger partial charge in [-0.1, -0.05) is 18.2 Å². The molecule has 0 unspecified atom stereocenters. The van der Waals surface area contributed by atoms with E-state index < -0.39 is 0 Å². The van der Waals surface area contributed by atoms with Gasteiger partial charge in [-0.3, -0.25) is 4.79 Å². The molecule has 2 aromatic carbocycles. The topological polar surface area (TPSA) is 95.2 Å². The van der Waals surface area contributed by atoms with E-state index in [9.17, 15) is 4.79 Å². The Bertz CT molecular complexity index is 1330. The van der Waals surface area contributed by atoms with Gasteiger partial charge in [-0.05, 0) is 81.9 Å². The summed E-state index contributed by atoms with van der Waals surface area (Å²) in [7, 11) is 2.14. The van der Waals surface area contributed by atoms with Crippen LogP contribution in [-0.2, 0) is 0 Å². The summed E-state index contributed by atoms with van der Waals surface area (Å²) in [4.78, 5) is 27.2. The van der Waals surface area contributed by atoms with Gasteiger partial charge in [0, 0.05) is 17.9 Å². The van der Waals surface area contributed by atoms with Crippen LogP contribution < -0.4 is 20.9 Å². The number of H-pyrrole nitrogens is 1. The predicted octanol–water partition coefficient (Wildman–Crippen LogP) is 4.67. The number of aromatic nitrogens is 3. The molecule has 0 spiro atoms. The van der Waals surface area contributed by atoms with Crippen LogP contribution >= 0.6 is 0 Å². The summed E-state index contributed by atoms with van der Waals surface area (Å²) in [6.45, 7) is 4.00. The zero-order chi connectivity index (χ0) is 23.5. The van der Waals surface area contributed by atoms with Gasteiger partial charge in [-0.15, -0.1) is 0 Å². The second-order valence-electron chi connectivity index (χ2n) is 8.71. The van der Waals surface area contributed by atoms with Crippen molar-refractivity contribution >= 4 is 28.4 Å². The summed E-state index contributed by atoms with van der Waals surface area (Å²) in [5.74, 6) is 2.50. The van der Waals surface area contributed by atoms with Gasteiger partial charge in [-0.25, -0.2) is 4.98 Å². The van der Waals surface area contributed by atoms with Crippen molar-refractivity contribution in [1.29, 1.82) is 0 Å². The van der Waals surface area contributed by atoms with Crippen LogP contribution in [0.1, 0.15) is 18.4 Å². The Morgan fingerprint density at radius 3 is 2.44 bits per heavy atom. The Morgan fingerprint density at radius 2 is 1.71 bits per heavy atom. The molecular weight excluding hydrogens is 428 g/mol. The highest BCUT2D eigenvalue weighted by atomic mass is 16.5. The molecule has 1 saturated heterocycles. The highest BCUT2D eigenvalue weighted by molar-refractivity contribution is 5.92. The van der Waals surface area contributed by atoms with Crippen LogP contribution in [0.15, 0.2) is 65.6 Å². The molecule has 174 valence electrons. The van der Waals surface area contributed by atoms with Crippen molar-refractivity contribution in [2.24, 2.45) is 0 Å². The molecule has 1 aliphatic heterocycles. The molecule has 3 heterocycles. The summed E-state index contributed by atoms with van der Waals surface area (Å²) in [5, 5.41) is 7.24. The van der Waals surface area contributed by atoms with E-state index >= 15 is 0 Å². The highest BCUT2D eigenvalue weighted by Crippen LogP contribution is 2.27. The first-order valence-electron chi connectivity index (χ1n) is 11.5. The quantitative estimate of drug-likeness (QED) is 0.388. The minimum absolute atomic E-state index is 0.224. The molecule has 0 amide bonds. The van der Waals surface area contributed by atoms with E-state index in [4.69, 9.17) is 14.7 Å². The number of anilines is 3. The Balaban J connectivity index is 1.43. The third kappa shape index (κ3) is 4.87. The van der Waals surface area contributed by atoms with Crippen LogP contribution in [0.3, 0.4) is 0 Å². The van der Waals surface area contributed by atoms with Gasteiger partial charge in [0.05, 0.1) is 5.52 Å². The molecule has 34 heavy (non-hydrogen) atoms. The lowest BCUT2D eigenvalue weighted by Gasteiger charge is -2.29. The summed E-state index contributed by atoms with van der Waals surface area (Å²) >= 11 is 0. The van der Waals surface area contributed by atoms with Gasteiger partial charge < -0.3 is 25.3 Å². The molecule has 0 atom stereocenters. The van der Waals surface area contributed by atoms with E-state index in [2.05, 4.69) is 27.6 Å². The van der Waals surface area contributed by atoms with E-state index in [0.29, 0.717) is 28.7 Å². The summed E-state index contributed by atoms with van der Waals surface area (Å²) < 4.78 is 5.88. The molecule has 1 aliphatic rings. The third-order valence-corrected chi connectivity index (χ3v) is 6.08. The van der Waals surface area contributed by atoms with Crippen LogP contribution in [-0.4, -0.2) is 46.0 Å². The summed E-state index contributed by atoms with van der Waals surface area (Å²) in [6, 6.07) is 17.5. The average molecular weight is 457 g/mol. The minimum atomic E-state index is -0.224. The molecule has 8 heteroatoms. The molecule has 3 N–H and O–H groups in total. The molecule has 0 radical (unpaired) electrons. The maximum absolute atomic E-state index is 12.7. The molecule has 0 bridgehead atoms. The molecule has 4 aromatic rings. The number of rotatable bonds is 6. The van der Waals surface area contributed by atoms with E-state index in [1.807, 2.05) is 61.5 Å². The fourth-order valence-corrected chi connectivity index (χ4v) is 4.13. The van der Waals surface area contributed by atoms with Crippen molar-refractivity contribution in [1.82, 2.24) is 19.9 Å². The molecule has 0 saturated carbocycles. The van der Waals surface area contributed by atoms with Gasteiger partial charge in [0.25, 0.3) is 5.56 Å². The average Bonchev–Trinajstić information content (AvgIpc) is 2.85. The van der Waals surface area contributed by atoms with Crippen molar-refractivity contribution < 1.29 is 4.74 Å². The minimum Gasteiger partial charge on any atom is -0.457 e. The number of pyridine rings is 1. The van der Waals surface area contributed by atoms with E-state index in [1.54, 1.807) is 6.20 Å². The largest absolute Gasteiger partial charge is 0.457 e. The zero-order valence-corrected chi connectivity index (χ0v) is 19.3. The second-order valence-corrected chi connectivity index (χ2v) is 8.71. The smallest absolute Gasteiger partial charge is 0.261 e. The fourth-order valence-electron chi connectivity index (χ4n) is 4.13. The molecule has 0 aliphatic carbocycles. The van der Waals surface area contributed by atoms with Crippen molar-refractivity contribution in [2.75, 3.05) is 30.8 Å². The number of nitrogens with zero attached hydrogens (tertiary/aromatic N) is 3. The second kappa shape index (κ2) is 9.52. The van der Waals surface area contributed by atoms with Gasteiger partial charge in [0.15, 0.2) is 0 Å². The van der Waals surface area contributed by atoms with Crippen LogP contribution in [0.25, 0.3) is 10.9 Å². The number of likely N-dealkylation sites (tertiary alicyclic amines) is 1. The number of benzene rings is 2. The maximum atomic E-state index is 12.7. The maximum Gasteiger partial charge on any atom is 0.261 e. The van der Waals surface area contributed by atoms with Gasteiger partial charge >= 0.3 is 0 Å². The number of hydrogen-bond donors (Lipinski definition) is 3.